The zero-order valence-electron chi connectivity index (χ0n) is 12.7. The van der Waals surface area contributed by atoms with E-state index in [4.69, 9.17) is 4.74 Å². The predicted octanol–water partition coefficient (Wildman–Crippen LogP) is 2.87. The fourth-order valence-electron chi connectivity index (χ4n) is 2.02. The summed E-state index contributed by atoms with van der Waals surface area (Å²) in [6.07, 6.45) is 0. The Morgan fingerprint density at radius 3 is 2.50 bits per heavy atom. The molecule has 0 atom stereocenters. The number of benzene rings is 2. The molecule has 3 rings (SSSR count). The monoisotopic (exact) mass is 343 g/mol. The second-order valence-electron chi connectivity index (χ2n) is 4.78. The van der Waals surface area contributed by atoms with E-state index in [0.29, 0.717) is 10.9 Å². The quantitative estimate of drug-likeness (QED) is 0.386. The van der Waals surface area contributed by atoms with Crippen molar-refractivity contribution in [1.29, 1.82) is 0 Å². The van der Waals surface area contributed by atoms with E-state index in [0.717, 1.165) is 17.0 Å². The SMILES string of the molecule is COc1ccc(-n2nnnc2SCc2ccc([N+](=O)[O-])cc2)cc1. The van der Waals surface area contributed by atoms with E-state index in [1.807, 2.05) is 24.3 Å². The summed E-state index contributed by atoms with van der Waals surface area (Å²) in [4.78, 5) is 10.3. The third kappa shape index (κ3) is 3.51. The van der Waals surface area contributed by atoms with Gasteiger partial charge in [-0.15, -0.1) is 5.10 Å². The molecule has 1 heterocycles. The Bertz CT molecular complexity index is 833. The van der Waals surface area contributed by atoms with E-state index in [1.54, 1.807) is 23.9 Å². The highest BCUT2D eigenvalue weighted by molar-refractivity contribution is 7.98. The van der Waals surface area contributed by atoms with Crippen molar-refractivity contribution in [3.8, 4) is 11.4 Å². The third-order valence-electron chi connectivity index (χ3n) is 3.27. The van der Waals surface area contributed by atoms with E-state index in [2.05, 4.69) is 15.5 Å². The highest BCUT2D eigenvalue weighted by atomic mass is 32.2. The lowest BCUT2D eigenvalue weighted by molar-refractivity contribution is -0.384. The summed E-state index contributed by atoms with van der Waals surface area (Å²) in [5.41, 5.74) is 1.86. The van der Waals surface area contributed by atoms with E-state index >= 15 is 0 Å². The Morgan fingerprint density at radius 1 is 1.17 bits per heavy atom. The summed E-state index contributed by atoms with van der Waals surface area (Å²) >= 11 is 1.45. The van der Waals surface area contributed by atoms with Gasteiger partial charge in [0.1, 0.15) is 5.75 Å². The minimum Gasteiger partial charge on any atom is -0.497 e. The smallest absolute Gasteiger partial charge is 0.269 e. The number of thioether (sulfide) groups is 1. The molecule has 0 aliphatic rings. The summed E-state index contributed by atoms with van der Waals surface area (Å²) in [6, 6.07) is 13.8. The standard InChI is InChI=1S/C15H13N5O3S/c1-23-14-8-6-12(7-9-14)19-15(16-17-18-19)24-10-11-2-4-13(5-3-11)20(21)22/h2-9H,10H2,1H3. The lowest BCUT2D eigenvalue weighted by Gasteiger charge is -2.05. The number of hydrogen-bond acceptors (Lipinski definition) is 7. The number of methoxy groups -OCH3 is 1. The number of nitro groups is 1. The molecule has 3 aromatic rings. The Kier molecular flexibility index (Phi) is 4.71. The maximum atomic E-state index is 10.7. The van der Waals surface area contributed by atoms with Crippen LogP contribution in [0.1, 0.15) is 5.56 Å². The molecule has 0 saturated heterocycles. The number of nitrogens with zero attached hydrogens (tertiary/aromatic N) is 5. The van der Waals surface area contributed by atoms with E-state index in [1.165, 1.54) is 23.9 Å². The molecule has 0 saturated carbocycles. The van der Waals surface area contributed by atoms with Crippen LogP contribution in [0.4, 0.5) is 5.69 Å². The van der Waals surface area contributed by atoms with Crippen LogP contribution >= 0.6 is 11.8 Å². The first-order valence-corrected chi connectivity index (χ1v) is 7.95. The minimum absolute atomic E-state index is 0.0758. The maximum absolute atomic E-state index is 10.7. The molecule has 9 heteroatoms. The van der Waals surface area contributed by atoms with Gasteiger partial charge in [0.05, 0.1) is 17.7 Å². The van der Waals surface area contributed by atoms with Crippen molar-refractivity contribution in [1.82, 2.24) is 20.2 Å². The van der Waals surface area contributed by atoms with Crippen molar-refractivity contribution in [2.24, 2.45) is 0 Å². The van der Waals surface area contributed by atoms with Gasteiger partial charge in [-0.05, 0) is 40.3 Å². The summed E-state index contributed by atoms with van der Waals surface area (Å²) in [5, 5.41) is 23.0. The highest BCUT2D eigenvalue weighted by Crippen LogP contribution is 2.24. The van der Waals surface area contributed by atoms with Gasteiger partial charge < -0.3 is 4.74 Å². The van der Waals surface area contributed by atoms with Gasteiger partial charge in [-0.1, -0.05) is 23.9 Å². The highest BCUT2D eigenvalue weighted by Gasteiger charge is 2.10. The Balaban J connectivity index is 1.72. The molecule has 0 aliphatic heterocycles. The average molecular weight is 343 g/mol. The van der Waals surface area contributed by atoms with Crippen LogP contribution in [0.2, 0.25) is 0 Å². The Labute approximate surface area is 141 Å². The normalized spacial score (nSPS) is 10.5. The zero-order valence-corrected chi connectivity index (χ0v) is 13.5. The molecule has 2 aromatic carbocycles. The van der Waals surface area contributed by atoms with Gasteiger partial charge in [0.2, 0.25) is 5.16 Å². The van der Waals surface area contributed by atoms with Crippen LogP contribution in [0, 0.1) is 10.1 Å². The number of non-ortho nitro benzene ring substituents is 1. The molecule has 0 radical (unpaired) electrons. The second-order valence-corrected chi connectivity index (χ2v) is 5.73. The van der Waals surface area contributed by atoms with Crippen LogP contribution in [0.15, 0.2) is 53.7 Å². The molecular formula is C15H13N5O3S. The van der Waals surface area contributed by atoms with Crippen LogP contribution in [-0.2, 0) is 5.75 Å². The molecule has 122 valence electrons. The molecular weight excluding hydrogens is 330 g/mol. The van der Waals surface area contributed by atoms with Crippen LogP contribution < -0.4 is 4.74 Å². The van der Waals surface area contributed by atoms with Gasteiger partial charge >= 0.3 is 0 Å². The van der Waals surface area contributed by atoms with Gasteiger partial charge in [0.15, 0.2) is 0 Å². The van der Waals surface area contributed by atoms with Gasteiger partial charge in [-0.3, -0.25) is 10.1 Å². The van der Waals surface area contributed by atoms with Crippen molar-refractivity contribution in [2.45, 2.75) is 10.9 Å². The van der Waals surface area contributed by atoms with Crippen LogP contribution in [-0.4, -0.2) is 32.2 Å². The summed E-state index contributed by atoms with van der Waals surface area (Å²) < 4.78 is 6.77. The lowest BCUT2D eigenvalue weighted by Crippen LogP contribution is -1.99. The van der Waals surface area contributed by atoms with Gasteiger partial charge in [-0.25, -0.2) is 0 Å². The molecule has 0 spiro atoms. The van der Waals surface area contributed by atoms with E-state index in [9.17, 15) is 10.1 Å². The Morgan fingerprint density at radius 2 is 1.88 bits per heavy atom. The number of tetrazole rings is 1. The van der Waals surface area contributed by atoms with Gasteiger partial charge in [-0.2, -0.15) is 4.68 Å². The third-order valence-corrected chi connectivity index (χ3v) is 4.26. The molecule has 0 fully saturated rings. The van der Waals surface area contributed by atoms with Crippen molar-refractivity contribution in [3.05, 3.63) is 64.2 Å². The van der Waals surface area contributed by atoms with Crippen LogP contribution in [0.25, 0.3) is 5.69 Å². The predicted molar refractivity (Wildman–Crippen MR) is 88.4 cm³/mol. The molecule has 0 N–H and O–H groups in total. The first-order chi connectivity index (χ1) is 11.7. The molecule has 0 unspecified atom stereocenters. The minimum atomic E-state index is -0.416. The number of rotatable bonds is 6. The van der Waals surface area contributed by atoms with Crippen molar-refractivity contribution in [2.75, 3.05) is 7.11 Å². The molecule has 1 aromatic heterocycles. The van der Waals surface area contributed by atoms with E-state index < -0.39 is 4.92 Å². The first-order valence-electron chi connectivity index (χ1n) is 6.96. The largest absolute Gasteiger partial charge is 0.497 e. The van der Waals surface area contributed by atoms with Crippen molar-refractivity contribution >= 4 is 17.4 Å². The fraction of sp³-hybridized carbons (Fsp3) is 0.133. The summed E-state index contributed by atoms with van der Waals surface area (Å²) in [6.45, 7) is 0. The maximum Gasteiger partial charge on any atom is 0.269 e. The molecule has 24 heavy (non-hydrogen) atoms. The topological polar surface area (TPSA) is 96.0 Å². The van der Waals surface area contributed by atoms with E-state index in [-0.39, 0.29) is 5.69 Å². The molecule has 0 amide bonds. The number of ether oxygens (including phenoxy) is 1. The zero-order chi connectivity index (χ0) is 16.9. The van der Waals surface area contributed by atoms with Crippen LogP contribution in [0.3, 0.4) is 0 Å². The van der Waals surface area contributed by atoms with Crippen molar-refractivity contribution < 1.29 is 9.66 Å². The fourth-order valence-corrected chi connectivity index (χ4v) is 2.86. The van der Waals surface area contributed by atoms with Crippen LogP contribution in [0.5, 0.6) is 5.75 Å². The molecule has 0 aliphatic carbocycles. The molecule has 0 bridgehead atoms. The van der Waals surface area contributed by atoms with Gasteiger partial charge in [0, 0.05) is 17.9 Å². The number of aromatic nitrogens is 4. The number of nitro benzene ring substituents is 1. The average Bonchev–Trinajstić information content (AvgIpc) is 3.09. The number of hydrogen-bond donors (Lipinski definition) is 0. The van der Waals surface area contributed by atoms with Crippen molar-refractivity contribution in [3.63, 3.8) is 0 Å². The molecule has 8 nitrogen and oxygen atoms in total. The summed E-state index contributed by atoms with van der Waals surface area (Å²) in [7, 11) is 1.61. The second kappa shape index (κ2) is 7.09. The Hall–Kier alpha value is -2.94. The first kappa shape index (κ1) is 15.9. The van der Waals surface area contributed by atoms with Gasteiger partial charge in [0.25, 0.3) is 5.69 Å². The lowest BCUT2D eigenvalue weighted by atomic mass is 10.2. The summed E-state index contributed by atoms with van der Waals surface area (Å²) in [5.74, 6) is 1.36.